The fourth-order valence-corrected chi connectivity index (χ4v) is 3.04. The number of methoxy groups -OCH3 is 1. The second kappa shape index (κ2) is 6.16. The molecule has 126 valence electrons. The number of benzene rings is 1. The van der Waals surface area contributed by atoms with Crippen molar-refractivity contribution in [3.8, 4) is 28.3 Å². The number of aryl methyl sites for hydroxylation is 1. The summed E-state index contributed by atoms with van der Waals surface area (Å²) in [5.41, 5.74) is 3.98. The first-order valence-electron chi connectivity index (χ1n) is 8.30. The van der Waals surface area contributed by atoms with Crippen LogP contribution >= 0.6 is 0 Å². The van der Waals surface area contributed by atoms with E-state index in [9.17, 15) is 0 Å². The Labute approximate surface area is 146 Å². The Hall–Kier alpha value is -2.95. The molecular formula is C20H19N3O2. The monoisotopic (exact) mass is 333 g/mol. The summed E-state index contributed by atoms with van der Waals surface area (Å²) in [4.78, 5) is 4.72. The zero-order valence-electron chi connectivity index (χ0n) is 14.5. The lowest BCUT2D eigenvalue weighted by Crippen LogP contribution is -2.09. The van der Waals surface area contributed by atoms with Crippen LogP contribution in [0, 0.1) is 6.92 Å². The second-order valence-corrected chi connectivity index (χ2v) is 6.26. The topological polar surface area (TPSA) is 60.0 Å². The van der Waals surface area contributed by atoms with E-state index in [2.05, 4.69) is 23.2 Å². The number of ether oxygens (including phenoxy) is 1. The number of hydrogen-bond donors (Lipinski definition) is 0. The summed E-state index contributed by atoms with van der Waals surface area (Å²) in [7, 11) is 1.66. The average Bonchev–Trinajstić information content (AvgIpc) is 3.07. The summed E-state index contributed by atoms with van der Waals surface area (Å²) >= 11 is 0. The molecule has 0 spiro atoms. The lowest BCUT2D eigenvalue weighted by molar-refractivity contribution is 0.415. The fraction of sp³-hybridized carbons (Fsp3) is 0.250. The molecule has 2 aromatic heterocycles. The zero-order valence-corrected chi connectivity index (χ0v) is 14.5. The van der Waals surface area contributed by atoms with Crippen molar-refractivity contribution in [2.75, 3.05) is 7.11 Å². The second-order valence-electron chi connectivity index (χ2n) is 6.26. The largest absolute Gasteiger partial charge is 0.497 e. The molecule has 3 aromatic rings. The van der Waals surface area contributed by atoms with Gasteiger partial charge in [-0.2, -0.15) is 5.11 Å². The molecule has 1 aliphatic heterocycles. The Balaban J connectivity index is 1.88. The third kappa shape index (κ3) is 2.93. The Morgan fingerprint density at radius 3 is 2.60 bits per heavy atom. The van der Waals surface area contributed by atoms with Gasteiger partial charge in [-0.25, -0.2) is 4.98 Å². The normalized spacial score (nSPS) is 15.9. The minimum Gasteiger partial charge on any atom is -0.497 e. The van der Waals surface area contributed by atoms with Gasteiger partial charge in [-0.1, -0.05) is 0 Å². The lowest BCUT2D eigenvalue weighted by atomic mass is 9.97. The Bertz CT molecular complexity index is 942. The standard InChI is InChI=1S/C20H19N3O2/c1-12-10-17-16(19-9-4-13(2)25-19)11-18(21-20(17)23-22-12)14-5-7-15(24-3)8-6-14/h4-9,11-12H,10H2,1-3H3. The van der Waals surface area contributed by atoms with Crippen molar-refractivity contribution in [3.05, 3.63) is 53.8 Å². The molecule has 0 N–H and O–H groups in total. The van der Waals surface area contributed by atoms with E-state index in [1.807, 2.05) is 43.3 Å². The van der Waals surface area contributed by atoms with Gasteiger partial charge in [0, 0.05) is 23.1 Å². The van der Waals surface area contributed by atoms with Crippen LogP contribution in [0.4, 0.5) is 5.82 Å². The number of furan rings is 1. The molecule has 0 saturated heterocycles. The van der Waals surface area contributed by atoms with E-state index in [1.54, 1.807) is 7.11 Å². The van der Waals surface area contributed by atoms with Crippen molar-refractivity contribution < 1.29 is 9.15 Å². The number of hydrogen-bond acceptors (Lipinski definition) is 5. The molecule has 4 rings (SSSR count). The molecule has 0 fully saturated rings. The molecule has 0 radical (unpaired) electrons. The quantitative estimate of drug-likeness (QED) is 0.649. The maximum absolute atomic E-state index is 5.88. The molecule has 0 saturated carbocycles. The third-order valence-corrected chi connectivity index (χ3v) is 4.34. The first-order valence-corrected chi connectivity index (χ1v) is 8.30. The highest BCUT2D eigenvalue weighted by molar-refractivity contribution is 5.75. The van der Waals surface area contributed by atoms with E-state index in [0.29, 0.717) is 5.82 Å². The summed E-state index contributed by atoms with van der Waals surface area (Å²) in [5, 5.41) is 8.62. The molecule has 0 amide bonds. The van der Waals surface area contributed by atoms with Crippen molar-refractivity contribution in [2.24, 2.45) is 10.2 Å². The molecule has 25 heavy (non-hydrogen) atoms. The van der Waals surface area contributed by atoms with Gasteiger partial charge in [-0.15, -0.1) is 5.11 Å². The molecule has 1 atom stereocenters. The highest BCUT2D eigenvalue weighted by Crippen LogP contribution is 2.38. The van der Waals surface area contributed by atoms with E-state index >= 15 is 0 Å². The summed E-state index contributed by atoms with van der Waals surface area (Å²) in [6.45, 7) is 4.00. The minimum atomic E-state index is 0.149. The Kier molecular flexibility index (Phi) is 3.84. The van der Waals surface area contributed by atoms with Crippen molar-refractivity contribution in [1.82, 2.24) is 4.98 Å². The Morgan fingerprint density at radius 2 is 1.92 bits per heavy atom. The van der Waals surface area contributed by atoms with Crippen LogP contribution in [0.2, 0.25) is 0 Å². The third-order valence-electron chi connectivity index (χ3n) is 4.34. The van der Waals surface area contributed by atoms with Crippen LogP contribution in [0.15, 0.2) is 57.1 Å². The van der Waals surface area contributed by atoms with Gasteiger partial charge in [0.25, 0.3) is 0 Å². The van der Waals surface area contributed by atoms with Crippen molar-refractivity contribution >= 4 is 5.82 Å². The number of nitrogens with zero attached hydrogens (tertiary/aromatic N) is 3. The highest BCUT2D eigenvalue weighted by atomic mass is 16.5. The predicted molar refractivity (Wildman–Crippen MR) is 96.3 cm³/mol. The van der Waals surface area contributed by atoms with E-state index < -0.39 is 0 Å². The van der Waals surface area contributed by atoms with Crippen LogP contribution < -0.4 is 4.74 Å². The number of pyridine rings is 1. The number of aromatic nitrogens is 1. The van der Waals surface area contributed by atoms with Crippen LogP contribution in [-0.4, -0.2) is 18.1 Å². The smallest absolute Gasteiger partial charge is 0.178 e. The lowest BCUT2D eigenvalue weighted by Gasteiger charge is -2.17. The van der Waals surface area contributed by atoms with Crippen LogP contribution in [0.1, 0.15) is 18.2 Å². The summed E-state index contributed by atoms with van der Waals surface area (Å²) in [6.07, 6.45) is 0.809. The van der Waals surface area contributed by atoms with E-state index in [0.717, 1.165) is 46.1 Å². The van der Waals surface area contributed by atoms with Gasteiger partial charge in [0.1, 0.15) is 17.3 Å². The summed E-state index contributed by atoms with van der Waals surface area (Å²) in [5.74, 6) is 3.22. The van der Waals surface area contributed by atoms with Gasteiger partial charge in [-0.3, -0.25) is 0 Å². The molecular weight excluding hydrogens is 314 g/mol. The molecule has 1 unspecified atom stereocenters. The molecule has 1 aliphatic rings. The van der Waals surface area contributed by atoms with Crippen molar-refractivity contribution in [1.29, 1.82) is 0 Å². The first kappa shape index (κ1) is 15.6. The molecule has 0 bridgehead atoms. The van der Waals surface area contributed by atoms with Crippen LogP contribution in [0.25, 0.3) is 22.6 Å². The van der Waals surface area contributed by atoms with Gasteiger partial charge in [0.05, 0.1) is 18.8 Å². The van der Waals surface area contributed by atoms with E-state index in [4.69, 9.17) is 14.1 Å². The first-order chi connectivity index (χ1) is 12.1. The fourth-order valence-electron chi connectivity index (χ4n) is 3.04. The summed E-state index contributed by atoms with van der Waals surface area (Å²) in [6, 6.07) is 14.0. The molecule has 0 aliphatic carbocycles. The maximum Gasteiger partial charge on any atom is 0.178 e. The minimum absolute atomic E-state index is 0.149. The molecule has 5 nitrogen and oxygen atoms in total. The Morgan fingerprint density at radius 1 is 1.12 bits per heavy atom. The van der Waals surface area contributed by atoms with E-state index in [1.165, 1.54) is 0 Å². The number of fused-ring (bicyclic) bond motifs is 1. The molecule has 1 aromatic carbocycles. The van der Waals surface area contributed by atoms with Gasteiger partial charge < -0.3 is 9.15 Å². The van der Waals surface area contributed by atoms with Gasteiger partial charge in [0.2, 0.25) is 0 Å². The highest BCUT2D eigenvalue weighted by Gasteiger charge is 2.22. The van der Waals surface area contributed by atoms with Gasteiger partial charge in [-0.05, 0) is 56.3 Å². The van der Waals surface area contributed by atoms with Crippen LogP contribution in [-0.2, 0) is 6.42 Å². The van der Waals surface area contributed by atoms with Gasteiger partial charge >= 0.3 is 0 Å². The van der Waals surface area contributed by atoms with Crippen molar-refractivity contribution in [3.63, 3.8) is 0 Å². The SMILES string of the molecule is COc1ccc(-c2cc(-c3ccc(C)o3)c3c(n2)N=NC(C)C3)cc1. The van der Waals surface area contributed by atoms with Crippen molar-refractivity contribution in [2.45, 2.75) is 26.3 Å². The van der Waals surface area contributed by atoms with E-state index in [-0.39, 0.29) is 6.04 Å². The van der Waals surface area contributed by atoms with Crippen LogP contribution in [0.5, 0.6) is 5.75 Å². The molecule has 3 heterocycles. The maximum atomic E-state index is 5.88. The molecule has 5 heteroatoms. The number of rotatable bonds is 3. The number of azo groups is 1. The van der Waals surface area contributed by atoms with Gasteiger partial charge in [0.15, 0.2) is 5.82 Å². The average molecular weight is 333 g/mol. The predicted octanol–water partition coefficient (Wildman–Crippen LogP) is 5.35. The summed E-state index contributed by atoms with van der Waals surface area (Å²) < 4.78 is 11.1. The zero-order chi connectivity index (χ0) is 17.4. The van der Waals surface area contributed by atoms with Crippen LogP contribution in [0.3, 0.4) is 0 Å².